The van der Waals surface area contributed by atoms with E-state index in [1.165, 1.54) is 0 Å². The van der Waals surface area contributed by atoms with Crippen molar-refractivity contribution in [3.05, 3.63) is 60.0 Å². The first-order valence-corrected chi connectivity index (χ1v) is 8.98. The molecule has 0 aliphatic rings. The van der Waals surface area contributed by atoms with E-state index >= 15 is 0 Å². The largest absolute Gasteiger partial charge is 0.495 e. The molecular weight excluding hydrogens is 358 g/mol. The molecule has 0 fully saturated rings. The SMILES string of the molecule is CCOc1ccc(-c2nc(CNC(=O)Nc3ccccc3OC)c(C)o2)cc1. The van der Waals surface area contributed by atoms with Crippen molar-refractivity contribution in [3.63, 3.8) is 0 Å². The molecule has 146 valence electrons. The highest BCUT2D eigenvalue weighted by atomic mass is 16.5. The van der Waals surface area contributed by atoms with E-state index in [-0.39, 0.29) is 12.6 Å². The molecule has 2 aromatic carbocycles. The normalized spacial score (nSPS) is 10.4. The molecule has 0 atom stereocenters. The second-order valence-corrected chi connectivity index (χ2v) is 5.99. The van der Waals surface area contributed by atoms with Crippen LogP contribution >= 0.6 is 0 Å². The number of hydrogen-bond donors (Lipinski definition) is 2. The van der Waals surface area contributed by atoms with E-state index in [4.69, 9.17) is 13.9 Å². The van der Waals surface area contributed by atoms with Crippen molar-refractivity contribution in [2.75, 3.05) is 19.0 Å². The summed E-state index contributed by atoms with van der Waals surface area (Å²) in [4.78, 5) is 16.7. The first-order valence-electron chi connectivity index (χ1n) is 8.98. The van der Waals surface area contributed by atoms with Gasteiger partial charge in [-0.2, -0.15) is 0 Å². The molecule has 0 spiro atoms. The van der Waals surface area contributed by atoms with E-state index < -0.39 is 0 Å². The van der Waals surface area contributed by atoms with Crippen LogP contribution in [0, 0.1) is 6.92 Å². The van der Waals surface area contributed by atoms with Crippen molar-refractivity contribution in [1.82, 2.24) is 10.3 Å². The third-order valence-corrected chi connectivity index (χ3v) is 4.08. The Morgan fingerprint density at radius 1 is 1.14 bits per heavy atom. The van der Waals surface area contributed by atoms with Gasteiger partial charge in [-0.15, -0.1) is 0 Å². The Kier molecular flexibility index (Phi) is 6.16. The summed E-state index contributed by atoms with van der Waals surface area (Å²) in [5, 5.41) is 5.54. The van der Waals surface area contributed by atoms with Gasteiger partial charge in [0, 0.05) is 5.56 Å². The van der Waals surface area contributed by atoms with Crippen molar-refractivity contribution in [3.8, 4) is 23.0 Å². The zero-order valence-electron chi connectivity index (χ0n) is 16.1. The Labute approximate surface area is 163 Å². The van der Waals surface area contributed by atoms with Gasteiger partial charge in [0.2, 0.25) is 5.89 Å². The minimum atomic E-state index is -0.352. The second kappa shape index (κ2) is 8.94. The highest BCUT2D eigenvalue weighted by Crippen LogP contribution is 2.25. The van der Waals surface area contributed by atoms with Crippen LogP contribution in [0.15, 0.2) is 52.9 Å². The number of nitrogens with zero attached hydrogens (tertiary/aromatic N) is 1. The minimum Gasteiger partial charge on any atom is -0.495 e. The highest BCUT2D eigenvalue weighted by Gasteiger charge is 2.13. The first kappa shape index (κ1) is 19.3. The van der Waals surface area contributed by atoms with Crippen LogP contribution in [-0.2, 0) is 6.54 Å². The molecule has 3 rings (SSSR count). The van der Waals surface area contributed by atoms with Gasteiger partial charge in [-0.25, -0.2) is 9.78 Å². The summed E-state index contributed by atoms with van der Waals surface area (Å²) in [5.41, 5.74) is 2.10. The van der Waals surface area contributed by atoms with E-state index in [1.54, 1.807) is 19.2 Å². The molecule has 0 aliphatic heterocycles. The lowest BCUT2D eigenvalue weighted by Crippen LogP contribution is -2.28. The molecule has 2 N–H and O–H groups in total. The quantitative estimate of drug-likeness (QED) is 0.634. The van der Waals surface area contributed by atoms with Crippen LogP contribution in [0.4, 0.5) is 10.5 Å². The molecular formula is C21H23N3O4. The number of nitrogens with one attached hydrogen (secondary N) is 2. The summed E-state index contributed by atoms with van der Waals surface area (Å²) < 4.78 is 16.4. The zero-order valence-corrected chi connectivity index (χ0v) is 16.1. The van der Waals surface area contributed by atoms with Gasteiger partial charge in [0.25, 0.3) is 0 Å². The standard InChI is InChI=1S/C21H23N3O4/c1-4-27-16-11-9-15(10-12-16)20-23-18(14(2)28-20)13-22-21(25)24-17-7-5-6-8-19(17)26-3/h5-12H,4,13H2,1-3H3,(H2,22,24,25). The Morgan fingerprint density at radius 2 is 1.89 bits per heavy atom. The number of carbonyl (C=O) groups is 1. The lowest BCUT2D eigenvalue weighted by molar-refractivity contribution is 0.251. The van der Waals surface area contributed by atoms with Gasteiger partial charge in [-0.3, -0.25) is 0 Å². The molecule has 0 unspecified atom stereocenters. The van der Waals surface area contributed by atoms with Gasteiger partial charge in [-0.1, -0.05) is 12.1 Å². The molecule has 0 saturated heterocycles. The average molecular weight is 381 g/mol. The number of carbonyl (C=O) groups excluding carboxylic acids is 1. The monoisotopic (exact) mass is 381 g/mol. The fraction of sp³-hybridized carbons (Fsp3) is 0.238. The van der Waals surface area contributed by atoms with Crippen molar-refractivity contribution < 1.29 is 18.7 Å². The third kappa shape index (κ3) is 4.62. The topological polar surface area (TPSA) is 85.6 Å². The van der Waals surface area contributed by atoms with Crippen LogP contribution in [0.2, 0.25) is 0 Å². The number of hydrogen-bond acceptors (Lipinski definition) is 5. The highest BCUT2D eigenvalue weighted by molar-refractivity contribution is 5.90. The summed E-state index contributed by atoms with van der Waals surface area (Å²) in [6, 6.07) is 14.4. The summed E-state index contributed by atoms with van der Waals surface area (Å²) in [6.07, 6.45) is 0. The summed E-state index contributed by atoms with van der Waals surface area (Å²) in [7, 11) is 1.56. The number of oxazole rings is 1. The summed E-state index contributed by atoms with van der Waals surface area (Å²) >= 11 is 0. The number of benzene rings is 2. The predicted molar refractivity (Wildman–Crippen MR) is 107 cm³/mol. The number of aromatic nitrogens is 1. The van der Waals surface area contributed by atoms with Crippen LogP contribution in [0.25, 0.3) is 11.5 Å². The van der Waals surface area contributed by atoms with Gasteiger partial charge >= 0.3 is 6.03 Å². The molecule has 1 aromatic heterocycles. The van der Waals surface area contributed by atoms with Gasteiger partial charge < -0.3 is 24.5 Å². The summed E-state index contributed by atoms with van der Waals surface area (Å²) in [6.45, 7) is 4.62. The maximum Gasteiger partial charge on any atom is 0.319 e. The fourth-order valence-electron chi connectivity index (χ4n) is 2.65. The maximum absolute atomic E-state index is 12.2. The lowest BCUT2D eigenvalue weighted by atomic mass is 10.2. The average Bonchev–Trinajstić information content (AvgIpc) is 3.08. The van der Waals surface area contributed by atoms with Gasteiger partial charge in [0.15, 0.2) is 0 Å². The van der Waals surface area contributed by atoms with Gasteiger partial charge in [0.1, 0.15) is 23.0 Å². The lowest BCUT2D eigenvalue weighted by Gasteiger charge is -2.10. The van der Waals surface area contributed by atoms with Crippen molar-refractivity contribution in [1.29, 1.82) is 0 Å². The smallest absolute Gasteiger partial charge is 0.319 e. The van der Waals surface area contributed by atoms with E-state index in [9.17, 15) is 4.79 Å². The molecule has 7 heteroatoms. The molecule has 0 radical (unpaired) electrons. The van der Waals surface area contributed by atoms with Crippen LogP contribution in [0.3, 0.4) is 0 Å². The molecule has 1 heterocycles. The van der Waals surface area contributed by atoms with E-state index in [0.29, 0.717) is 35.4 Å². The van der Waals surface area contributed by atoms with Crippen LogP contribution in [-0.4, -0.2) is 24.7 Å². The maximum atomic E-state index is 12.2. The first-order chi connectivity index (χ1) is 13.6. The Balaban J connectivity index is 1.63. The molecule has 3 aromatic rings. The predicted octanol–water partition coefficient (Wildman–Crippen LogP) is 4.38. The Hall–Kier alpha value is -3.48. The van der Waals surface area contributed by atoms with E-state index in [2.05, 4.69) is 15.6 Å². The Morgan fingerprint density at radius 3 is 2.61 bits per heavy atom. The third-order valence-electron chi connectivity index (χ3n) is 4.08. The molecule has 0 aliphatic carbocycles. The number of ether oxygens (including phenoxy) is 2. The van der Waals surface area contributed by atoms with Crippen LogP contribution in [0.5, 0.6) is 11.5 Å². The zero-order chi connectivity index (χ0) is 19.9. The second-order valence-electron chi connectivity index (χ2n) is 5.99. The minimum absolute atomic E-state index is 0.243. The molecule has 0 bridgehead atoms. The molecule has 0 saturated carbocycles. The summed E-state index contributed by atoms with van der Waals surface area (Å²) in [5.74, 6) is 2.54. The number of para-hydroxylation sites is 2. The molecule has 2 amide bonds. The van der Waals surface area contributed by atoms with Gasteiger partial charge in [-0.05, 0) is 50.2 Å². The van der Waals surface area contributed by atoms with E-state index in [1.807, 2.05) is 50.2 Å². The number of rotatable bonds is 7. The van der Waals surface area contributed by atoms with E-state index in [0.717, 1.165) is 11.3 Å². The number of methoxy groups -OCH3 is 1. The number of aryl methyl sites for hydroxylation is 1. The molecule has 7 nitrogen and oxygen atoms in total. The van der Waals surface area contributed by atoms with Gasteiger partial charge in [0.05, 0.1) is 25.9 Å². The van der Waals surface area contributed by atoms with Crippen molar-refractivity contribution in [2.45, 2.75) is 20.4 Å². The number of anilines is 1. The molecule has 28 heavy (non-hydrogen) atoms. The Bertz CT molecular complexity index is 935. The van der Waals surface area contributed by atoms with Crippen molar-refractivity contribution >= 4 is 11.7 Å². The number of amides is 2. The van der Waals surface area contributed by atoms with Crippen LogP contribution < -0.4 is 20.1 Å². The van der Waals surface area contributed by atoms with Crippen LogP contribution in [0.1, 0.15) is 18.4 Å². The van der Waals surface area contributed by atoms with Crippen molar-refractivity contribution in [2.24, 2.45) is 0 Å². The number of urea groups is 1. The fourth-order valence-corrected chi connectivity index (χ4v) is 2.65.